The molecular weight excluding hydrogens is 396 g/mol. The van der Waals surface area contributed by atoms with Gasteiger partial charge < -0.3 is 10.6 Å². The van der Waals surface area contributed by atoms with Crippen LogP contribution >= 0.6 is 22.7 Å². The summed E-state index contributed by atoms with van der Waals surface area (Å²) in [6, 6.07) is 2.67. The average Bonchev–Trinajstić information content (AvgIpc) is 3.39. The third-order valence-corrected chi connectivity index (χ3v) is 7.31. The molecule has 4 amide bonds. The molecule has 2 aromatic rings. The summed E-state index contributed by atoms with van der Waals surface area (Å²) >= 11 is 3.04. The summed E-state index contributed by atoms with van der Waals surface area (Å²) in [7, 11) is 0. The first kappa shape index (κ1) is 19.1. The van der Waals surface area contributed by atoms with Crippen molar-refractivity contribution in [2.45, 2.75) is 58.0 Å². The van der Waals surface area contributed by atoms with Crippen molar-refractivity contribution in [3.05, 3.63) is 21.9 Å². The molecule has 1 saturated carbocycles. The van der Waals surface area contributed by atoms with Crippen LogP contribution in [0.4, 0.5) is 9.93 Å². The quantitative estimate of drug-likeness (QED) is 0.741. The van der Waals surface area contributed by atoms with Crippen molar-refractivity contribution in [2.75, 3.05) is 5.32 Å². The molecule has 1 saturated heterocycles. The zero-order valence-corrected chi connectivity index (χ0v) is 17.6. The van der Waals surface area contributed by atoms with Gasteiger partial charge in [0.1, 0.15) is 11.6 Å². The van der Waals surface area contributed by atoms with Gasteiger partial charge in [-0.2, -0.15) is 0 Å². The molecule has 1 spiro atoms. The lowest BCUT2D eigenvalue weighted by Crippen LogP contribution is -2.48. The molecule has 1 aliphatic carbocycles. The highest BCUT2D eigenvalue weighted by molar-refractivity contribution is 7.18. The fourth-order valence-corrected chi connectivity index (χ4v) is 5.69. The van der Waals surface area contributed by atoms with Gasteiger partial charge >= 0.3 is 6.03 Å². The lowest BCUT2D eigenvalue weighted by molar-refractivity contribution is -0.136. The van der Waals surface area contributed by atoms with E-state index in [0.29, 0.717) is 18.0 Å². The van der Waals surface area contributed by atoms with Gasteiger partial charge in [0.2, 0.25) is 5.91 Å². The number of carbonyl (C=O) groups is 3. The van der Waals surface area contributed by atoms with E-state index in [1.54, 1.807) is 18.3 Å². The maximum absolute atomic E-state index is 12.8. The van der Waals surface area contributed by atoms with E-state index in [4.69, 9.17) is 0 Å². The molecule has 0 aromatic carbocycles. The number of nitrogens with zero attached hydrogens (tertiary/aromatic N) is 2. The van der Waals surface area contributed by atoms with Crippen molar-refractivity contribution in [3.8, 4) is 10.6 Å². The summed E-state index contributed by atoms with van der Waals surface area (Å²) in [5.74, 6) is -0.705. The molecule has 1 aliphatic heterocycles. The lowest BCUT2D eigenvalue weighted by atomic mass is 9.97. The van der Waals surface area contributed by atoms with E-state index >= 15 is 0 Å². The smallest absolute Gasteiger partial charge is 0.323 e. The highest BCUT2D eigenvalue weighted by Gasteiger charge is 2.54. The van der Waals surface area contributed by atoms with Crippen molar-refractivity contribution in [1.29, 1.82) is 0 Å². The summed E-state index contributed by atoms with van der Waals surface area (Å²) in [5.41, 5.74) is 0.0408. The molecule has 0 radical (unpaired) electrons. The molecule has 28 heavy (non-hydrogen) atoms. The number of rotatable bonds is 4. The Balaban J connectivity index is 1.49. The second-order valence-corrected chi connectivity index (χ2v) is 9.88. The zero-order valence-electron chi connectivity index (χ0n) is 16.0. The molecule has 0 bridgehead atoms. The van der Waals surface area contributed by atoms with Crippen LogP contribution in [0.5, 0.6) is 0 Å². The highest BCUT2D eigenvalue weighted by Crippen LogP contribution is 2.37. The second-order valence-electron chi connectivity index (χ2n) is 7.39. The van der Waals surface area contributed by atoms with Gasteiger partial charge in [-0.15, -0.1) is 22.7 Å². The standard InChI is InChI=1S/C19H22N4O3S2/c1-10-6-7-13(27-10)14-12(3)28-17(20-14)21-15(24)11(2)23-16(25)19(22-18(23)26)8-4-5-9-19/h6-7,11H,4-5,8-9H2,1-3H3,(H,22,26)(H,20,21,24)/t11-/m1/s1. The van der Waals surface area contributed by atoms with Gasteiger partial charge in [0.15, 0.2) is 5.13 Å². The number of imide groups is 1. The van der Waals surface area contributed by atoms with Crippen molar-refractivity contribution >= 4 is 45.7 Å². The van der Waals surface area contributed by atoms with Crippen molar-refractivity contribution in [3.63, 3.8) is 0 Å². The third-order valence-electron chi connectivity index (χ3n) is 5.42. The fourth-order valence-electron chi connectivity index (χ4n) is 3.88. The SMILES string of the molecule is Cc1ccc(-c2nc(NC(=O)[C@@H](C)N3C(=O)NC4(CCCC4)C3=O)sc2C)s1. The number of aryl methyl sites for hydroxylation is 2. The Morgan fingerprint density at radius 2 is 1.96 bits per heavy atom. The van der Waals surface area contributed by atoms with Crippen LogP contribution in [-0.2, 0) is 9.59 Å². The van der Waals surface area contributed by atoms with Crippen LogP contribution < -0.4 is 10.6 Å². The van der Waals surface area contributed by atoms with Gasteiger partial charge in [-0.1, -0.05) is 12.8 Å². The third kappa shape index (κ3) is 3.12. The Morgan fingerprint density at radius 3 is 2.61 bits per heavy atom. The molecule has 2 N–H and O–H groups in total. The Bertz CT molecular complexity index is 958. The van der Waals surface area contributed by atoms with E-state index in [9.17, 15) is 14.4 Å². The van der Waals surface area contributed by atoms with Crippen LogP contribution in [0.2, 0.25) is 0 Å². The maximum atomic E-state index is 12.8. The zero-order chi connectivity index (χ0) is 20.1. The van der Waals surface area contributed by atoms with Gasteiger partial charge in [0.05, 0.1) is 10.6 Å². The molecule has 9 heteroatoms. The van der Waals surface area contributed by atoms with Crippen LogP contribution in [0.15, 0.2) is 12.1 Å². The second kappa shape index (κ2) is 6.97. The van der Waals surface area contributed by atoms with Crippen LogP contribution in [-0.4, -0.2) is 39.3 Å². The Kier molecular flexibility index (Phi) is 4.75. The molecule has 1 atom stereocenters. The molecule has 4 rings (SSSR count). The lowest BCUT2D eigenvalue weighted by Gasteiger charge is -2.23. The van der Waals surface area contributed by atoms with E-state index in [0.717, 1.165) is 33.2 Å². The molecule has 148 valence electrons. The summed E-state index contributed by atoms with van der Waals surface area (Å²) in [6.45, 7) is 5.57. The first-order valence-corrected chi connectivity index (χ1v) is 10.9. The van der Waals surface area contributed by atoms with Crippen molar-refractivity contribution in [2.24, 2.45) is 0 Å². The van der Waals surface area contributed by atoms with Crippen LogP contribution in [0.1, 0.15) is 42.4 Å². The minimum atomic E-state index is -0.899. The summed E-state index contributed by atoms with van der Waals surface area (Å²) in [5, 5.41) is 6.06. The molecule has 2 aliphatic rings. The van der Waals surface area contributed by atoms with Gasteiger partial charge in [-0.25, -0.2) is 14.7 Å². The summed E-state index contributed by atoms with van der Waals surface area (Å²) in [6.07, 6.45) is 3.09. The highest BCUT2D eigenvalue weighted by atomic mass is 32.1. The van der Waals surface area contributed by atoms with E-state index in [2.05, 4.69) is 15.6 Å². The van der Waals surface area contributed by atoms with E-state index in [1.165, 1.54) is 16.2 Å². The van der Waals surface area contributed by atoms with Gasteiger partial charge in [0.25, 0.3) is 5.91 Å². The Morgan fingerprint density at radius 1 is 1.25 bits per heavy atom. The molecule has 0 unspecified atom stereocenters. The predicted molar refractivity (Wildman–Crippen MR) is 110 cm³/mol. The monoisotopic (exact) mass is 418 g/mol. The van der Waals surface area contributed by atoms with E-state index < -0.39 is 23.5 Å². The number of amides is 4. The topological polar surface area (TPSA) is 91.4 Å². The van der Waals surface area contributed by atoms with Crippen LogP contribution in [0, 0.1) is 13.8 Å². The number of nitrogens with one attached hydrogen (secondary N) is 2. The fraction of sp³-hybridized carbons (Fsp3) is 0.474. The predicted octanol–water partition coefficient (Wildman–Crippen LogP) is 3.68. The van der Waals surface area contributed by atoms with Crippen LogP contribution in [0.3, 0.4) is 0 Å². The van der Waals surface area contributed by atoms with Crippen molar-refractivity contribution in [1.82, 2.24) is 15.2 Å². The van der Waals surface area contributed by atoms with E-state index in [1.807, 2.05) is 26.0 Å². The normalized spacial score (nSPS) is 19.3. The Hall–Kier alpha value is -2.26. The molecule has 2 aromatic heterocycles. The first-order valence-electron chi connectivity index (χ1n) is 9.32. The van der Waals surface area contributed by atoms with Gasteiger partial charge in [0, 0.05) is 9.75 Å². The number of thiazole rings is 1. The summed E-state index contributed by atoms with van der Waals surface area (Å²) in [4.78, 5) is 46.8. The number of urea groups is 1. The largest absolute Gasteiger partial charge is 0.325 e. The van der Waals surface area contributed by atoms with Crippen LogP contribution in [0.25, 0.3) is 10.6 Å². The minimum Gasteiger partial charge on any atom is -0.323 e. The molecule has 2 fully saturated rings. The number of anilines is 1. The maximum Gasteiger partial charge on any atom is 0.325 e. The summed E-state index contributed by atoms with van der Waals surface area (Å²) < 4.78 is 0. The number of aromatic nitrogens is 1. The first-order chi connectivity index (χ1) is 13.3. The number of hydrogen-bond acceptors (Lipinski definition) is 6. The minimum absolute atomic E-state index is 0.289. The molecular formula is C19H22N4O3S2. The molecule has 7 nitrogen and oxygen atoms in total. The number of hydrogen-bond donors (Lipinski definition) is 2. The van der Waals surface area contributed by atoms with Crippen molar-refractivity contribution < 1.29 is 14.4 Å². The van der Waals surface area contributed by atoms with Gasteiger partial charge in [-0.3, -0.25) is 9.59 Å². The number of thiophene rings is 1. The Labute approximate surface area is 171 Å². The van der Waals surface area contributed by atoms with E-state index in [-0.39, 0.29) is 5.91 Å². The van der Waals surface area contributed by atoms with Gasteiger partial charge in [-0.05, 0) is 45.7 Å². The molecule has 3 heterocycles. The number of carbonyl (C=O) groups excluding carboxylic acids is 3. The average molecular weight is 419 g/mol.